The molecular weight excluding hydrogens is 318 g/mol. The second-order valence-corrected chi connectivity index (χ2v) is 7.48. The normalized spacial score (nSPS) is 22.6. The first-order chi connectivity index (χ1) is 10.9. The van der Waals surface area contributed by atoms with E-state index in [1.807, 2.05) is 27.7 Å². The molecule has 0 saturated carbocycles. The van der Waals surface area contributed by atoms with Gasteiger partial charge >= 0.3 is 5.97 Å². The highest BCUT2D eigenvalue weighted by atomic mass is 16.4. The lowest BCUT2D eigenvalue weighted by Crippen LogP contribution is -2.65. The predicted molar refractivity (Wildman–Crippen MR) is 85.1 cm³/mol. The highest BCUT2D eigenvalue weighted by molar-refractivity contribution is 6.44. The van der Waals surface area contributed by atoms with Crippen molar-refractivity contribution in [3.8, 4) is 0 Å². The molecule has 24 heavy (non-hydrogen) atoms. The molecular formula is C15H27N3O6. The van der Waals surface area contributed by atoms with E-state index in [4.69, 9.17) is 10.2 Å². The number of carboxylic acids is 1. The number of aliphatic hydroxyl groups is 2. The molecule has 9 nitrogen and oxygen atoms in total. The van der Waals surface area contributed by atoms with E-state index in [1.165, 1.54) is 0 Å². The average molecular weight is 345 g/mol. The van der Waals surface area contributed by atoms with Crippen molar-refractivity contribution in [1.82, 2.24) is 16.2 Å². The molecule has 1 aliphatic rings. The van der Waals surface area contributed by atoms with Crippen LogP contribution in [0.4, 0.5) is 0 Å². The number of carbonyl (C=O) groups excluding carboxylic acids is 2. The van der Waals surface area contributed by atoms with E-state index in [2.05, 4.69) is 16.2 Å². The van der Waals surface area contributed by atoms with Crippen LogP contribution in [0, 0.1) is 0 Å². The Morgan fingerprint density at radius 3 is 2.04 bits per heavy atom. The van der Waals surface area contributed by atoms with Crippen LogP contribution in [0.3, 0.4) is 0 Å². The van der Waals surface area contributed by atoms with Crippen molar-refractivity contribution in [3.05, 3.63) is 0 Å². The zero-order valence-corrected chi connectivity index (χ0v) is 14.4. The molecule has 0 aromatic rings. The number of nitrogens with one attached hydrogen (secondary N) is 3. The summed E-state index contributed by atoms with van der Waals surface area (Å²) in [6.07, 6.45) is -0.563. The minimum absolute atomic E-state index is 0.122. The molecule has 0 aromatic carbocycles. The summed E-state index contributed by atoms with van der Waals surface area (Å²) in [6.45, 7) is 7.13. The zero-order chi connectivity index (χ0) is 18.7. The molecule has 2 unspecified atom stereocenters. The quantitative estimate of drug-likeness (QED) is 0.173. The van der Waals surface area contributed by atoms with E-state index in [0.717, 1.165) is 0 Å². The molecule has 1 rings (SSSR count). The van der Waals surface area contributed by atoms with Gasteiger partial charge in [0, 0.05) is 17.1 Å². The van der Waals surface area contributed by atoms with Gasteiger partial charge in [-0.1, -0.05) is 0 Å². The van der Waals surface area contributed by atoms with Crippen molar-refractivity contribution >= 4 is 17.5 Å². The van der Waals surface area contributed by atoms with Crippen molar-refractivity contribution in [2.24, 2.45) is 0 Å². The Labute approximate surface area is 140 Å². The standard InChI is InChI=1S/C15H27N3O6/c1-14(2)5-8(6-15(3,4)18-14)16-17-10(13(23)24)12(22)11(21)9(20)7-19/h8-10,16-20H,5-7H2,1-4H3,(H,23,24). The Hall–Kier alpha value is -1.39. The summed E-state index contributed by atoms with van der Waals surface area (Å²) in [4.78, 5) is 34.7. The summed E-state index contributed by atoms with van der Waals surface area (Å²) >= 11 is 0. The highest BCUT2D eigenvalue weighted by Gasteiger charge is 2.39. The third kappa shape index (κ3) is 5.60. The summed E-state index contributed by atoms with van der Waals surface area (Å²) in [7, 11) is 0. The Morgan fingerprint density at radius 1 is 1.12 bits per heavy atom. The van der Waals surface area contributed by atoms with Gasteiger partial charge in [0.25, 0.3) is 0 Å². The smallest absolute Gasteiger partial charge is 0.330 e. The Bertz CT molecular complexity index is 489. The second kappa shape index (κ2) is 7.66. The number of ketones is 2. The van der Waals surface area contributed by atoms with Crippen LogP contribution in [0.15, 0.2) is 0 Å². The van der Waals surface area contributed by atoms with Crippen LogP contribution in [-0.4, -0.2) is 68.7 Å². The first kappa shape index (κ1) is 20.7. The molecule has 0 spiro atoms. The van der Waals surface area contributed by atoms with Gasteiger partial charge in [-0.15, -0.1) is 0 Å². The molecule has 138 valence electrons. The average Bonchev–Trinajstić information content (AvgIpc) is 2.41. The van der Waals surface area contributed by atoms with Crippen LogP contribution in [0.5, 0.6) is 0 Å². The largest absolute Gasteiger partial charge is 0.480 e. The van der Waals surface area contributed by atoms with E-state index in [9.17, 15) is 19.5 Å². The molecule has 1 heterocycles. The summed E-state index contributed by atoms with van der Waals surface area (Å²) in [6, 6.07) is -1.96. The zero-order valence-electron chi connectivity index (χ0n) is 14.4. The van der Waals surface area contributed by atoms with Gasteiger partial charge < -0.3 is 20.6 Å². The van der Waals surface area contributed by atoms with Crippen molar-refractivity contribution in [2.45, 2.75) is 69.8 Å². The third-order valence-corrected chi connectivity index (χ3v) is 3.85. The number of Topliss-reactive ketones (excluding diaryl/α,β-unsaturated/α-hetero) is 2. The molecule has 0 amide bonds. The van der Waals surface area contributed by atoms with Gasteiger partial charge in [0.1, 0.15) is 6.10 Å². The lowest BCUT2D eigenvalue weighted by molar-refractivity contribution is -0.151. The number of hydrogen-bond donors (Lipinski definition) is 6. The molecule has 0 radical (unpaired) electrons. The van der Waals surface area contributed by atoms with E-state index in [1.54, 1.807) is 0 Å². The van der Waals surface area contributed by atoms with E-state index < -0.39 is 36.3 Å². The van der Waals surface area contributed by atoms with E-state index >= 15 is 0 Å². The minimum Gasteiger partial charge on any atom is -0.480 e. The predicted octanol–water partition coefficient (Wildman–Crippen LogP) is -1.67. The molecule has 1 saturated heterocycles. The molecule has 1 fully saturated rings. The fraction of sp³-hybridized carbons (Fsp3) is 0.800. The van der Waals surface area contributed by atoms with E-state index in [-0.39, 0.29) is 17.1 Å². The van der Waals surface area contributed by atoms with Gasteiger partial charge in [0.2, 0.25) is 11.6 Å². The Kier molecular flexibility index (Phi) is 6.59. The number of hydrazine groups is 1. The number of carbonyl (C=O) groups is 3. The van der Waals surface area contributed by atoms with E-state index in [0.29, 0.717) is 12.8 Å². The third-order valence-electron chi connectivity index (χ3n) is 3.85. The highest BCUT2D eigenvalue weighted by Crippen LogP contribution is 2.28. The number of carboxylic acid groups (broad SMARTS) is 1. The SMILES string of the molecule is CC1(C)CC(NNC(C(=O)O)C(=O)C(=O)C(O)CO)CC(C)(C)N1. The van der Waals surface area contributed by atoms with Gasteiger partial charge in [-0.2, -0.15) is 0 Å². The Morgan fingerprint density at radius 2 is 1.62 bits per heavy atom. The molecule has 0 aliphatic carbocycles. The summed E-state index contributed by atoms with van der Waals surface area (Å²) in [5.41, 5.74) is 4.83. The van der Waals surface area contributed by atoms with Crippen LogP contribution < -0.4 is 16.2 Å². The van der Waals surface area contributed by atoms with Gasteiger partial charge in [-0.05, 0) is 40.5 Å². The van der Waals surface area contributed by atoms with Crippen LogP contribution in [0.25, 0.3) is 0 Å². The van der Waals surface area contributed by atoms with Crippen molar-refractivity contribution in [3.63, 3.8) is 0 Å². The van der Waals surface area contributed by atoms with Crippen LogP contribution in [0.2, 0.25) is 0 Å². The maximum absolute atomic E-state index is 11.9. The van der Waals surface area contributed by atoms with Crippen molar-refractivity contribution in [2.75, 3.05) is 6.61 Å². The molecule has 0 bridgehead atoms. The van der Waals surface area contributed by atoms with Crippen molar-refractivity contribution < 1.29 is 29.7 Å². The van der Waals surface area contributed by atoms with Gasteiger partial charge in [0.05, 0.1) is 6.61 Å². The number of piperidine rings is 1. The van der Waals surface area contributed by atoms with Crippen LogP contribution in [-0.2, 0) is 14.4 Å². The number of aliphatic carboxylic acids is 1. The first-order valence-electron chi connectivity index (χ1n) is 7.79. The molecule has 0 aromatic heterocycles. The number of aliphatic hydroxyl groups excluding tert-OH is 2. The summed E-state index contributed by atoms with van der Waals surface area (Å²) in [5.74, 6) is -4.20. The fourth-order valence-electron chi connectivity index (χ4n) is 3.25. The second-order valence-electron chi connectivity index (χ2n) is 7.48. The Balaban J connectivity index is 2.75. The van der Waals surface area contributed by atoms with Crippen LogP contribution >= 0.6 is 0 Å². The minimum atomic E-state index is -1.92. The molecule has 6 N–H and O–H groups in total. The van der Waals surface area contributed by atoms with Crippen LogP contribution in [0.1, 0.15) is 40.5 Å². The molecule has 1 aliphatic heterocycles. The topological polar surface area (TPSA) is 148 Å². The molecule has 2 atom stereocenters. The van der Waals surface area contributed by atoms with Gasteiger partial charge in [0.15, 0.2) is 6.04 Å². The van der Waals surface area contributed by atoms with Gasteiger partial charge in [-0.3, -0.25) is 15.0 Å². The van der Waals surface area contributed by atoms with Crippen molar-refractivity contribution in [1.29, 1.82) is 0 Å². The molecule has 9 heteroatoms. The lowest BCUT2D eigenvalue weighted by Gasteiger charge is -2.46. The summed E-state index contributed by atoms with van der Waals surface area (Å²) < 4.78 is 0. The number of hydrogen-bond acceptors (Lipinski definition) is 8. The lowest BCUT2D eigenvalue weighted by atomic mass is 9.80. The van der Waals surface area contributed by atoms with Gasteiger partial charge in [-0.25, -0.2) is 10.2 Å². The number of rotatable bonds is 8. The first-order valence-corrected chi connectivity index (χ1v) is 7.79. The monoisotopic (exact) mass is 345 g/mol. The maximum atomic E-state index is 11.9. The fourth-order valence-corrected chi connectivity index (χ4v) is 3.25. The maximum Gasteiger partial charge on any atom is 0.330 e. The summed E-state index contributed by atoms with van der Waals surface area (Å²) in [5, 5.41) is 30.5.